The summed E-state index contributed by atoms with van der Waals surface area (Å²) in [7, 11) is 0. The number of hydrogen-bond acceptors (Lipinski definition) is 3. The summed E-state index contributed by atoms with van der Waals surface area (Å²) in [6.07, 6.45) is 2.32. The number of carbonyl (C=O) groups is 1. The van der Waals surface area contributed by atoms with Gasteiger partial charge >= 0.3 is 0 Å². The summed E-state index contributed by atoms with van der Waals surface area (Å²) in [5.41, 5.74) is 0.267. The monoisotopic (exact) mass is 323 g/mol. The maximum atomic E-state index is 13.6. The molecular weight excluding hydrogens is 307 g/mol. The first-order chi connectivity index (χ1) is 10.9. The Labute approximate surface area is 131 Å². The zero-order chi connectivity index (χ0) is 17.0. The fourth-order valence-electron chi connectivity index (χ4n) is 1.84. The molecule has 1 amide bonds. The maximum absolute atomic E-state index is 13.6. The van der Waals surface area contributed by atoms with E-state index in [0.717, 1.165) is 18.6 Å². The number of pyridine rings is 1. The van der Waals surface area contributed by atoms with Gasteiger partial charge < -0.3 is 10.6 Å². The lowest BCUT2D eigenvalue weighted by Gasteiger charge is -2.13. The van der Waals surface area contributed by atoms with Crippen LogP contribution in [0.15, 0.2) is 30.5 Å². The average Bonchev–Trinajstić information content (AvgIpc) is 2.55. The number of nitrogens with one attached hydrogen (secondary N) is 2. The zero-order valence-electron chi connectivity index (χ0n) is 12.7. The second-order valence-corrected chi connectivity index (χ2v) is 5.06. The van der Waals surface area contributed by atoms with Gasteiger partial charge in [-0.1, -0.05) is 6.92 Å². The quantitative estimate of drug-likeness (QED) is 0.819. The minimum atomic E-state index is -1.64. The van der Waals surface area contributed by atoms with E-state index in [2.05, 4.69) is 15.6 Å². The van der Waals surface area contributed by atoms with Gasteiger partial charge in [-0.3, -0.25) is 9.78 Å². The highest BCUT2D eigenvalue weighted by atomic mass is 19.2. The summed E-state index contributed by atoms with van der Waals surface area (Å²) in [5.74, 6) is -5.13. The minimum absolute atomic E-state index is 0.0300. The summed E-state index contributed by atoms with van der Waals surface area (Å²) >= 11 is 0. The van der Waals surface area contributed by atoms with Crippen LogP contribution in [0.25, 0.3) is 0 Å². The lowest BCUT2D eigenvalue weighted by Crippen LogP contribution is -2.17. The number of rotatable bonds is 5. The van der Waals surface area contributed by atoms with Crippen molar-refractivity contribution in [2.75, 3.05) is 10.6 Å². The molecule has 1 aromatic carbocycles. The van der Waals surface area contributed by atoms with Gasteiger partial charge in [-0.05, 0) is 37.6 Å². The molecule has 1 aromatic heterocycles. The topological polar surface area (TPSA) is 54.0 Å². The van der Waals surface area contributed by atoms with E-state index in [4.69, 9.17) is 0 Å². The smallest absolute Gasteiger partial charge is 0.274 e. The molecule has 4 nitrogen and oxygen atoms in total. The molecule has 0 spiro atoms. The van der Waals surface area contributed by atoms with Crippen molar-refractivity contribution in [3.8, 4) is 0 Å². The molecular formula is C16H16F3N3O. The van der Waals surface area contributed by atoms with E-state index in [-0.39, 0.29) is 11.7 Å². The molecule has 2 rings (SSSR count). The van der Waals surface area contributed by atoms with Crippen molar-refractivity contribution in [3.63, 3.8) is 0 Å². The lowest BCUT2D eigenvalue weighted by molar-refractivity contribution is 0.102. The average molecular weight is 323 g/mol. The molecule has 0 saturated heterocycles. The van der Waals surface area contributed by atoms with Gasteiger partial charge in [-0.15, -0.1) is 0 Å². The molecule has 23 heavy (non-hydrogen) atoms. The van der Waals surface area contributed by atoms with Crippen LogP contribution in [0.3, 0.4) is 0 Å². The fraction of sp³-hybridized carbons (Fsp3) is 0.250. The molecule has 0 bridgehead atoms. The first-order valence-electron chi connectivity index (χ1n) is 7.09. The van der Waals surface area contributed by atoms with E-state index in [1.165, 1.54) is 12.3 Å². The maximum Gasteiger partial charge on any atom is 0.274 e. The predicted octanol–water partition coefficient (Wildman–Crippen LogP) is 3.96. The van der Waals surface area contributed by atoms with Crippen LogP contribution in [0, 0.1) is 17.5 Å². The van der Waals surface area contributed by atoms with Gasteiger partial charge in [0.2, 0.25) is 0 Å². The minimum Gasteiger partial charge on any atom is -0.382 e. The molecule has 0 radical (unpaired) electrons. The SMILES string of the molecule is CCC(C)Nc1ccnc(C(=O)Nc2ccc(F)c(F)c2F)c1. The van der Waals surface area contributed by atoms with Gasteiger partial charge in [0, 0.05) is 17.9 Å². The van der Waals surface area contributed by atoms with E-state index < -0.39 is 29.0 Å². The number of carbonyl (C=O) groups excluding carboxylic acids is 1. The van der Waals surface area contributed by atoms with Gasteiger partial charge in [-0.2, -0.15) is 0 Å². The Morgan fingerprint density at radius 1 is 1.22 bits per heavy atom. The van der Waals surface area contributed by atoms with Crippen molar-refractivity contribution < 1.29 is 18.0 Å². The molecule has 7 heteroatoms. The molecule has 0 aliphatic carbocycles. The first kappa shape index (κ1) is 16.8. The highest BCUT2D eigenvalue weighted by Gasteiger charge is 2.16. The molecule has 0 fully saturated rings. The Morgan fingerprint density at radius 2 is 1.96 bits per heavy atom. The lowest BCUT2D eigenvalue weighted by atomic mass is 10.2. The molecule has 122 valence electrons. The van der Waals surface area contributed by atoms with Crippen molar-refractivity contribution in [2.24, 2.45) is 0 Å². The summed E-state index contributed by atoms with van der Waals surface area (Å²) in [4.78, 5) is 16.0. The van der Waals surface area contributed by atoms with Crippen LogP contribution >= 0.6 is 0 Å². The van der Waals surface area contributed by atoms with Gasteiger partial charge in [0.25, 0.3) is 5.91 Å². The van der Waals surface area contributed by atoms with E-state index >= 15 is 0 Å². The molecule has 0 aliphatic rings. The van der Waals surface area contributed by atoms with Crippen LogP contribution in [0.4, 0.5) is 24.5 Å². The van der Waals surface area contributed by atoms with Crippen LogP contribution in [-0.2, 0) is 0 Å². The van der Waals surface area contributed by atoms with Crippen LogP contribution in [0.5, 0.6) is 0 Å². The number of halogens is 3. The molecule has 1 heterocycles. The van der Waals surface area contributed by atoms with Crippen molar-refractivity contribution >= 4 is 17.3 Å². The highest BCUT2D eigenvalue weighted by molar-refractivity contribution is 6.03. The second-order valence-electron chi connectivity index (χ2n) is 5.06. The van der Waals surface area contributed by atoms with E-state index in [0.29, 0.717) is 5.69 Å². The van der Waals surface area contributed by atoms with Crippen LogP contribution in [0.1, 0.15) is 30.8 Å². The number of benzene rings is 1. The first-order valence-corrected chi connectivity index (χ1v) is 7.09. The van der Waals surface area contributed by atoms with E-state index in [1.807, 2.05) is 13.8 Å². The van der Waals surface area contributed by atoms with Gasteiger partial charge in [0.15, 0.2) is 17.5 Å². The standard InChI is InChI=1S/C16H16F3N3O/c1-3-9(2)21-10-6-7-20-13(8-10)16(23)22-12-5-4-11(17)14(18)15(12)19/h4-9H,3H2,1-2H3,(H,20,21)(H,22,23). The zero-order valence-corrected chi connectivity index (χ0v) is 12.7. The Hall–Kier alpha value is -2.57. The van der Waals surface area contributed by atoms with E-state index in [1.54, 1.807) is 6.07 Å². The number of hydrogen-bond donors (Lipinski definition) is 2. The molecule has 0 aliphatic heterocycles. The third-order valence-corrected chi connectivity index (χ3v) is 3.30. The Kier molecular flexibility index (Phi) is 5.20. The molecule has 0 saturated carbocycles. The van der Waals surface area contributed by atoms with Crippen molar-refractivity contribution in [2.45, 2.75) is 26.3 Å². The predicted molar refractivity (Wildman–Crippen MR) is 81.9 cm³/mol. The Bertz CT molecular complexity index is 722. The van der Waals surface area contributed by atoms with E-state index in [9.17, 15) is 18.0 Å². The van der Waals surface area contributed by atoms with Crippen molar-refractivity contribution in [1.29, 1.82) is 0 Å². The van der Waals surface area contributed by atoms with Crippen molar-refractivity contribution in [3.05, 3.63) is 53.6 Å². The van der Waals surface area contributed by atoms with Gasteiger partial charge in [-0.25, -0.2) is 13.2 Å². The summed E-state index contributed by atoms with van der Waals surface area (Å²) in [6.45, 7) is 4.00. The molecule has 2 aromatic rings. The number of anilines is 2. The van der Waals surface area contributed by atoms with Crippen LogP contribution in [0.2, 0.25) is 0 Å². The van der Waals surface area contributed by atoms with Gasteiger partial charge in [0.05, 0.1) is 5.69 Å². The third kappa shape index (κ3) is 4.00. The number of aromatic nitrogens is 1. The Balaban J connectivity index is 2.18. The molecule has 2 N–H and O–H groups in total. The van der Waals surface area contributed by atoms with Gasteiger partial charge in [0.1, 0.15) is 5.69 Å². The van der Waals surface area contributed by atoms with Crippen molar-refractivity contribution in [1.82, 2.24) is 4.98 Å². The summed E-state index contributed by atoms with van der Waals surface area (Å²) < 4.78 is 39.6. The molecule has 1 unspecified atom stereocenters. The molecule has 1 atom stereocenters. The summed E-state index contributed by atoms with van der Waals surface area (Å²) in [5, 5.41) is 5.35. The largest absolute Gasteiger partial charge is 0.382 e. The second kappa shape index (κ2) is 7.13. The number of amides is 1. The normalized spacial score (nSPS) is 11.9. The Morgan fingerprint density at radius 3 is 2.65 bits per heavy atom. The summed E-state index contributed by atoms with van der Waals surface area (Å²) in [6, 6.07) is 5.09. The highest BCUT2D eigenvalue weighted by Crippen LogP contribution is 2.20. The van der Waals surface area contributed by atoms with Crippen LogP contribution < -0.4 is 10.6 Å². The fourth-order valence-corrected chi connectivity index (χ4v) is 1.84. The van der Waals surface area contributed by atoms with Crippen LogP contribution in [-0.4, -0.2) is 16.9 Å². The third-order valence-electron chi connectivity index (χ3n) is 3.30. The number of nitrogens with zero attached hydrogens (tertiary/aromatic N) is 1.